The topological polar surface area (TPSA) is 50.7 Å². The van der Waals surface area contributed by atoms with Crippen molar-refractivity contribution >= 4 is 0 Å². The van der Waals surface area contributed by atoms with Gasteiger partial charge in [0.25, 0.3) is 0 Å². The van der Waals surface area contributed by atoms with Crippen LogP contribution in [0.5, 0.6) is 5.75 Å². The summed E-state index contributed by atoms with van der Waals surface area (Å²) >= 11 is 0. The van der Waals surface area contributed by atoms with Crippen LogP contribution in [-0.4, -0.2) is 36.1 Å². The van der Waals surface area contributed by atoms with Crippen molar-refractivity contribution in [2.24, 2.45) is 0 Å². The molecule has 1 heterocycles. The van der Waals surface area contributed by atoms with Gasteiger partial charge in [-0.3, -0.25) is 0 Å². The first-order valence-electron chi connectivity index (χ1n) is 7.30. The summed E-state index contributed by atoms with van der Waals surface area (Å²) in [4.78, 5) is 0. The Balaban J connectivity index is 1.79. The normalized spacial score (nSPS) is 26.1. The average molecular weight is 279 g/mol. The first kappa shape index (κ1) is 15.3. The van der Waals surface area contributed by atoms with Crippen molar-refractivity contribution < 1.29 is 14.6 Å². The Kier molecular flexibility index (Phi) is 5.02. The number of ether oxygens (including phenoxy) is 2. The van der Waals surface area contributed by atoms with Crippen molar-refractivity contribution in [3.05, 3.63) is 29.8 Å². The van der Waals surface area contributed by atoms with Crippen LogP contribution in [0.15, 0.2) is 24.3 Å². The maximum absolute atomic E-state index is 10.4. The lowest BCUT2D eigenvalue weighted by Crippen LogP contribution is -2.45. The van der Waals surface area contributed by atoms with Crippen LogP contribution in [0.1, 0.15) is 32.8 Å². The highest BCUT2D eigenvalue weighted by Gasteiger charge is 2.38. The summed E-state index contributed by atoms with van der Waals surface area (Å²) in [6, 6.07) is 8.05. The minimum Gasteiger partial charge on any atom is -0.491 e. The van der Waals surface area contributed by atoms with Crippen LogP contribution in [0.4, 0.5) is 0 Å². The lowest BCUT2D eigenvalue weighted by Gasteiger charge is -2.26. The Labute approximate surface area is 121 Å². The van der Waals surface area contributed by atoms with E-state index in [-0.39, 0.29) is 12.2 Å². The summed E-state index contributed by atoms with van der Waals surface area (Å²) in [6.45, 7) is 7.88. The van der Waals surface area contributed by atoms with E-state index in [1.807, 2.05) is 45.0 Å². The van der Waals surface area contributed by atoms with Gasteiger partial charge < -0.3 is 19.9 Å². The molecule has 2 atom stereocenters. The molecule has 0 saturated carbocycles. The molecule has 4 nitrogen and oxygen atoms in total. The van der Waals surface area contributed by atoms with E-state index in [1.165, 1.54) is 5.56 Å². The molecule has 0 aliphatic carbocycles. The number of hydrogen-bond donors (Lipinski definition) is 2. The second kappa shape index (κ2) is 6.57. The van der Waals surface area contributed by atoms with Gasteiger partial charge in [0.05, 0.1) is 12.2 Å². The lowest BCUT2D eigenvalue weighted by molar-refractivity contribution is -0.0262. The summed E-state index contributed by atoms with van der Waals surface area (Å²) in [7, 11) is 0. The molecule has 1 aromatic rings. The maximum atomic E-state index is 10.4. The smallest absolute Gasteiger partial charge is 0.119 e. The standard InChI is InChI=1S/C16H25NO3/c1-12(2)20-15-6-4-14(5-7-15)10-17-11-16(18)8-9-19-13(16)3/h4-7,12-13,17-18H,8-11H2,1-3H3. The number of rotatable bonds is 6. The van der Waals surface area contributed by atoms with Crippen molar-refractivity contribution in [2.45, 2.75) is 51.5 Å². The predicted octanol–water partition coefficient (Wildman–Crippen LogP) is 2.10. The van der Waals surface area contributed by atoms with Crippen LogP contribution >= 0.6 is 0 Å². The third kappa shape index (κ3) is 3.95. The summed E-state index contributed by atoms with van der Waals surface area (Å²) in [6.07, 6.45) is 0.788. The Hall–Kier alpha value is -1.10. The second-order valence-corrected chi connectivity index (χ2v) is 5.78. The summed E-state index contributed by atoms with van der Waals surface area (Å²) in [5.74, 6) is 0.889. The molecule has 0 bridgehead atoms. The largest absolute Gasteiger partial charge is 0.491 e. The van der Waals surface area contributed by atoms with Crippen molar-refractivity contribution in [1.82, 2.24) is 5.32 Å². The molecule has 1 fully saturated rings. The van der Waals surface area contributed by atoms with Gasteiger partial charge in [0, 0.05) is 26.1 Å². The highest BCUT2D eigenvalue weighted by molar-refractivity contribution is 5.27. The van der Waals surface area contributed by atoms with Crippen LogP contribution in [0.3, 0.4) is 0 Å². The van der Waals surface area contributed by atoms with Gasteiger partial charge in [-0.05, 0) is 38.5 Å². The second-order valence-electron chi connectivity index (χ2n) is 5.78. The molecule has 0 aromatic heterocycles. The molecule has 2 unspecified atom stereocenters. The Bertz CT molecular complexity index is 418. The fourth-order valence-electron chi connectivity index (χ4n) is 2.38. The van der Waals surface area contributed by atoms with Crippen LogP contribution in [0.2, 0.25) is 0 Å². The molecule has 1 aromatic carbocycles. The molecule has 2 rings (SSSR count). The molecule has 0 radical (unpaired) electrons. The van der Waals surface area contributed by atoms with Gasteiger partial charge in [-0.15, -0.1) is 0 Å². The van der Waals surface area contributed by atoms with Crippen molar-refractivity contribution in [1.29, 1.82) is 0 Å². The number of hydrogen-bond acceptors (Lipinski definition) is 4. The van der Waals surface area contributed by atoms with Gasteiger partial charge in [0.1, 0.15) is 11.4 Å². The first-order chi connectivity index (χ1) is 9.49. The van der Waals surface area contributed by atoms with Crippen LogP contribution < -0.4 is 10.1 Å². The molecule has 1 saturated heterocycles. The highest BCUT2D eigenvalue weighted by atomic mass is 16.5. The monoisotopic (exact) mass is 279 g/mol. The predicted molar refractivity (Wildman–Crippen MR) is 78.9 cm³/mol. The van der Waals surface area contributed by atoms with Gasteiger partial charge in [-0.1, -0.05) is 12.1 Å². The van der Waals surface area contributed by atoms with E-state index in [0.29, 0.717) is 19.6 Å². The van der Waals surface area contributed by atoms with Gasteiger partial charge in [0.2, 0.25) is 0 Å². The number of benzene rings is 1. The Morgan fingerprint density at radius 1 is 1.40 bits per heavy atom. The van der Waals surface area contributed by atoms with E-state index in [4.69, 9.17) is 9.47 Å². The van der Waals surface area contributed by atoms with Gasteiger partial charge in [0.15, 0.2) is 0 Å². The quantitative estimate of drug-likeness (QED) is 0.837. The zero-order chi connectivity index (χ0) is 14.6. The molecule has 2 N–H and O–H groups in total. The molecular weight excluding hydrogens is 254 g/mol. The van der Waals surface area contributed by atoms with Crippen LogP contribution in [0, 0.1) is 0 Å². The van der Waals surface area contributed by atoms with Crippen molar-refractivity contribution in [3.8, 4) is 5.75 Å². The van der Waals surface area contributed by atoms with Crippen LogP contribution in [0.25, 0.3) is 0 Å². The summed E-state index contributed by atoms with van der Waals surface area (Å²) in [5, 5.41) is 13.7. The fraction of sp³-hybridized carbons (Fsp3) is 0.625. The van der Waals surface area contributed by atoms with Crippen LogP contribution in [-0.2, 0) is 11.3 Å². The summed E-state index contributed by atoms with van der Waals surface area (Å²) < 4.78 is 11.0. The molecule has 20 heavy (non-hydrogen) atoms. The third-order valence-corrected chi connectivity index (χ3v) is 3.71. The third-order valence-electron chi connectivity index (χ3n) is 3.71. The SMILES string of the molecule is CC(C)Oc1ccc(CNCC2(O)CCOC2C)cc1. The van der Waals surface area contributed by atoms with Gasteiger partial charge in [-0.25, -0.2) is 0 Å². The zero-order valence-corrected chi connectivity index (χ0v) is 12.6. The number of nitrogens with one attached hydrogen (secondary N) is 1. The van der Waals surface area contributed by atoms with E-state index in [9.17, 15) is 5.11 Å². The van der Waals surface area contributed by atoms with Crippen molar-refractivity contribution in [3.63, 3.8) is 0 Å². The molecule has 1 aliphatic rings. The van der Waals surface area contributed by atoms with Gasteiger partial charge in [-0.2, -0.15) is 0 Å². The maximum Gasteiger partial charge on any atom is 0.119 e. The molecular formula is C16H25NO3. The molecule has 0 spiro atoms. The molecule has 112 valence electrons. The van der Waals surface area contributed by atoms with E-state index in [1.54, 1.807) is 0 Å². The zero-order valence-electron chi connectivity index (χ0n) is 12.6. The molecule has 4 heteroatoms. The van der Waals surface area contributed by atoms with E-state index in [0.717, 1.165) is 12.3 Å². The fourth-order valence-corrected chi connectivity index (χ4v) is 2.38. The Morgan fingerprint density at radius 3 is 2.65 bits per heavy atom. The highest BCUT2D eigenvalue weighted by Crippen LogP contribution is 2.24. The van der Waals surface area contributed by atoms with E-state index in [2.05, 4.69) is 5.32 Å². The Morgan fingerprint density at radius 2 is 2.10 bits per heavy atom. The van der Waals surface area contributed by atoms with Crippen molar-refractivity contribution in [2.75, 3.05) is 13.2 Å². The van der Waals surface area contributed by atoms with E-state index < -0.39 is 5.60 Å². The lowest BCUT2D eigenvalue weighted by atomic mass is 9.96. The average Bonchev–Trinajstić information content (AvgIpc) is 2.71. The molecule has 0 amide bonds. The molecule has 1 aliphatic heterocycles. The van der Waals surface area contributed by atoms with E-state index >= 15 is 0 Å². The summed E-state index contributed by atoms with van der Waals surface area (Å²) in [5.41, 5.74) is 0.442. The minimum atomic E-state index is -0.735. The van der Waals surface area contributed by atoms with Gasteiger partial charge >= 0.3 is 0 Å². The first-order valence-corrected chi connectivity index (χ1v) is 7.30. The number of aliphatic hydroxyl groups is 1. The minimum absolute atomic E-state index is 0.100.